The molecule has 24 heavy (non-hydrogen) atoms. The van der Waals surface area contributed by atoms with E-state index in [0.717, 1.165) is 40.9 Å². The summed E-state index contributed by atoms with van der Waals surface area (Å²) in [6.45, 7) is 3.75. The van der Waals surface area contributed by atoms with E-state index in [1.165, 1.54) is 18.5 Å². The van der Waals surface area contributed by atoms with Crippen LogP contribution >= 0.6 is 11.8 Å². The van der Waals surface area contributed by atoms with Crippen molar-refractivity contribution >= 4 is 40.6 Å². The summed E-state index contributed by atoms with van der Waals surface area (Å²) in [5, 5.41) is -0.462. The zero-order chi connectivity index (χ0) is 17.3. The topological polar surface area (TPSA) is 83.7 Å². The van der Waals surface area contributed by atoms with Gasteiger partial charge in [0.1, 0.15) is 6.54 Å². The predicted octanol–water partition coefficient (Wildman–Crippen LogP) is 2.12. The average molecular weight is 345 g/mol. The van der Waals surface area contributed by atoms with Gasteiger partial charge in [-0.15, -0.1) is 0 Å². The minimum Gasteiger partial charge on any atom is -0.372 e. The van der Waals surface area contributed by atoms with E-state index in [1.54, 1.807) is 6.08 Å². The molecule has 2 aliphatic rings. The van der Waals surface area contributed by atoms with Gasteiger partial charge in [-0.1, -0.05) is 6.07 Å². The smallest absolute Gasteiger partial charge is 0.294 e. The molecule has 2 saturated heterocycles. The van der Waals surface area contributed by atoms with Gasteiger partial charge in [-0.25, -0.2) is 0 Å². The minimum absolute atomic E-state index is 0.318. The molecule has 0 radical (unpaired) electrons. The summed E-state index contributed by atoms with van der Waals surface area (Å²) in [4.78, 5) is 38.6. The number of hydrogen-bond donors (Lipinski definition) is 1. The average Bonchev–Trinajstić information content (AvgIpc) is 3.14. The lowest BCUT2D eigenvalue weighted by Crippen LogP contribution is -2.36. The van der Waals surface area contributed by atoms with E-state index in [0.29, 0.717) is 4.91 Å². The van der Waals surface area contributed by atoms with E-state index in [1.807, 2.05) is 19.1 Å². The summed E-state index contributed by atoms with van der Waals surface area (Å²) in [6.07, 6.45) is 4.14. The van der Waals surface area contributed by atoms with Gasteiger partial charge in [-0.3, -0.25) is 19.3 Å². The fourth-order valence-electron chi connectivity index (χ4n) is 2.93. The van der Waals surface area contributed by atoms with Gasteiger partial charge in [0.2, 0.25) is 5.91 Å². The highest BCUT2D eigenvalue weighted by Gasteiger charge is 2.35. The number of nitrogens with two attached hydrogens (primary N) is 1. The van der Waals surface area contributed by atoms with Crippen molar-refractivity contribution in [2.45, 2.75) is 19.8 Å². The zero-order valence-electron chi connectivity index (χ0n) is 13.4. The van der Waals surface area contributed by atoms with Crippen molar-refractivity contribution in [1.82, 2.24) is 4.90 Å². The molecule has 2 N–H and O–H groups in total. The summed E-state index contributed by atoms with van der Waals surface area (Å²) in [5.41, 5.74) is 8.19. The molecular formula is C17H19N3O3S. The molecule has 2 heterocycles. The number of hydrogen-bond acceptors (Lipinski definition) is 5. The minimum atomic E-state index is -0.704. The van der Waals surface area contributed by atoms with E-state index >= 15 is 0 Å². The molecule has 0 atom stereocenters. The van der Waals surface area contributed by atoms with Crippen molar-refractivity contribution in [1.29, 1.82) is 0 Å². The Labute approximate surface area is 144 Å². The first-order chi connectivity index (χ1) is 11.5. The van der Waals surface area contributed by atoms with E-state index in [4.69, 9.17) is 5.73 Å². The summed E-state index contributed by atoms with van der Waals surface area (Å²) in [5.74, 6) is -1.17. The number of carbonyl (C=O) groups is 3. The van der Waals surface area contributed by atoms with Crippen LogP contribution < -0.4 is 10.6 Å². The van der Waals surface area contributed by atoms with Crippen LogP contribution in [0.15, 0.2) is 23.1 Å². The third kappa shape index (κ3) is 3.31. The summed E-state index contributed by atoms with van der Waals surface area (Å²) in [6, 6.07) is 6.10. The van der Waals surface area contributed by atoms with E-state index in [-0.39, 0.29) is 6.54 Å². The molecule has 1 aromatic rings. The summed E-state index contributed by atoms with van der Waals surface area (Å²) in [7, 11) is 0. The second kappa shape index (κ2) is 6.68. The number of primary amides is 1. The normalized spacial score (nSPS) is 19.6. The van der Waals surface area contributed by atoms with Crippen molar-refractivity contribution in [2.24, 2.45) is 5.73 Å². The van der Waals surface area contributed by atoms with Gasteiger partial charge in [-0.2, -0.15) is 0 Å². The number of imide groups is 1. The summed E-state index contributed by atoms with van der Waals surface area (Å²) >= 11 is 0.837. The molecule has 0 aromatic heterocycles. The molecule has 1 aromatic carbocycles. The SMILES string of the molecule is Cc1cc(N2CCCC2)ccc1/C=C1\SC(=O)N(CC(N)=O)C1=O. The van der Waals surface area contributed by atoms with Crippen LogP contribution in [0.25, 0.3) is 6.08 Å². The summed E-state index contributed by atoms with van der Waals surface area (Å²) < 4.78 is 0. The van der Waals surface area contributed by atoms with Gasteiger partial charge in [0, 0.05) is 18.8 Å². The Hall–Kier alpha value is -2.28. The lowest BCUT2D eigenvalue weighted by Gasteiger charge is -2.18. The van der Waals surface area contributed by atoms with Crippen LogP contribution in [0.5, 0.6) is 0 Å². The molecule has 0 spiro atoms. The highest BCUT2D eigenvalue weighted by molar-refractivity contribution is 8.18. The van der Waals surface area contributed by atoms with E-state index in [2.05, 4.69) is 11.0 Å². The van der Waals surface area contributed by atoms with Crippen LogP contribution in [0, 0.1) is 6.92 Å². The van der Waals surface area contributed by atoms with Crippen molar-refractivity contribution in [3.63, 3.8) is 0 Å². The van der Waals surface area contributed by atoms with Crippen molar-refractivity contribution < 1.29 is 14.4 Å². The van der Waals surface area contributed by atoms with Crippen molar-refractivity contribution in [2.75, 3.05) is 24.5 Å². The number of thioether (sulfide) groups is 1. The maximum absolute atomic E-state index is 12.2. The Morgan fingerprint density at radius 2 is 2.00 bits per heavy atom. The Bertz CT molecular complexity index is 739. The molecule has 0 aliphatic carbocycles. The van der Waals surface area contributed by atoms with Crippen molar-refractivity contribution in [3.8, 4) is 0 Å². The molecule has 0 bridgehead atoms. The largest absolute Gasteiger partial charge is 0.372 e. The first-order valence-electron chi connectivity index (χ1n) is 7.85. The quantitative estimate of drug-likeness (QED) is 0.845. The molecular weight excluding hydrogens is 326 g/mol. The Morgan fingerprint density at radius 3 is 2.62 bits per heavy atom. The fourth-order valence-corrected chi connectivity index (χ4v) is 3.76. The maximum atomic E-state index is 12.2. The van der Waals surface area contributed by atoms with Crippen LogP contribution in [-0.4, -0.2) is 41.6 Å². The first kappa shape index (κ1) is 16.6. The van der Waals surface area contributed by atoms with E-state index < -0.39 is 17.1 Å². The highest BCUT2D eigenvalue weighted by atomic mass is 32.2. The molecule has 0 unspecified atom stereocenters. The number of carbonyl (C=O) groups excluding carboxylic acids is 3. The van der Waals surface area contributed by atoms with Crippen LogP contribution in [0.2, 0.25) is 0 Å². The molecule has 2 fully saturated rings. The van der Waals surface area contributed by atoms with Crippen LogP contribution in [-0.2, 0) is 9.59 Å². The maximum Gasteiger partial charge on any atom is 0.294 e. The monoisotopic (exact) mass is 345 g/mol. The van der Waals surface area contributed by atoms with Gasteiger partial charge in [0.15, 0.2) is 0 Å². The van der Waals surface area contributed by atoms with Gasteiger partial charge in [-0.05, 0) is 60.9 Å². The number of aryl methyl sites for hydroxylation is 1. The lowest BCUT2D eigenvalue weighted by atomic mass is 10.1. The standard InChI is InChI=1S/C17H19N3O3S/c1-11-8-13(19-6-2-3-7-19)5-4-12(11)9-14-16(22)20(10-15(18)21)17(23)24-14/h4-5,8-9H,2-3,6-7,10H2,1H3,(H2,18,21)/b14-9-. The Balaban J connectivity index is 1.82. The molecule has 126 valence electrons. The molecule has 3 amide bonds. The van der Waals surface area contributed by atoms with Crippen LogP contribution in [0.1, 0.15) is 24.0 Å². The third-order valence-corrected chi connectivity index (χ3v) is 5.11. The number of rotatable bonds is 4. The molecule has 0 saturated carbocycles. The molecule has 2 aliphatic heterocycles. The van der Waals surface area contributed by atoms with Gasteiger partial charge < -0.3 is 10.6 Å². The van der Waals surface area contributed by atoms with Crippen molar-refractivity contribution in [3.05, 3.63) is 34.2 Å². The number of anilines is 1. The fraction of sp³-hybridized carbons (Fsp3) is 0.353. The number of nitrogens with zero attached hydrogens (tertiary/aromatic N) is 2. The third-order valence-electron chi connectivity index (χ3n) is 4.20. The first-order valence-corrected chi connectivity index (χ1v) is 8.66. The Morgan fingerprint density at radius 1 is 1.29 bits per heavy atom. The highest BCUT2D eigenvalue weighted by Crippen LogP contribution is 2.33. The number of benzene rings is 1. The van der Waals surface area contributed by atoms with Crippen LogP contribution in [0.3, 0.4) is 0 Å². The predicted molar refractivity (Wildman–Crippen MR) is 94.5 cm³/mol. The van der Waals surface area contributed by atoms with Crippen LogP contribution in [0.4, 0.5) is 10.5 Å². The van der Waals surface area contributed by atoms with Gasteiger partial charge in [0.05, 0.1) is 4.91 Å². The molecule has 7 heteroatoms. The molecule has 3 rings (SSSR count). The second-order valence-corrected chi connectivity index (χ2v) is 6.96. The zero-order valence-corrected chi connectivity index (χ0v) is 14.3. The van der Waals surface area contributed by atoms with Gasteiger partial charge in [0.25, 0.3) is 11.1 Å². The lowest BCUT2D eigenvalue weighted by molar-refractivity contribution is -0.127. The Kier molecular flexibility index (Phi) is 4.62. The number of amides is 3. The second-order valence-electron chi connectivity index (χ2n) is 5.97. The van der Waals surface area contributed by atoms with Gasteiger partial charge >= 0.3 is 0 Å². The molecule has 6 nitrogen and oxygen atoms in total. The van der Waals surface area contributed by atoms with E-state index in [9.17, 15) is 14.4 Å².